The van der Waals surface area contributed by atoms with Crippen LogP contribution in [-0.4, -0.2) is 41.4 Å². The topological polar surface area (TPSA) is 110 Å². The highest BCUT2D eigenvalue weighted by Crippen LogP contribution is 2.47. The summed E-state index contributed by atoms with van der Waals surface area (Å²) >= 11 is 0. The van der Waals surface area contributed by atoms with Crippen molar-refractivity contribution in [3.05, 3.63) is 36.2 Å². The summed E-state index contributed by atoms with van der Waals surface area (Å²) in [5.74, 6) is -0.938. The molecule has 3 aliphatic rings. The molecule has 1 saturated carbocycles. The van der Waals surface area contributed by atoms with Crippen LogP contribution in [-0.2, 0) is 19.8 Å². The number of amides is 3. The molecule has 0 spiro atoms. The monoisotopic (exact) mass is 355 g/mol. The van der Waals surface area contributed by atoms with E-state index in [0.717, 1.165) is 31.2 Å². The average molecular weight is 355 g/mol. The van der Waals surface area contributed by atoms with E-state index in [2.05, 4.69) is 0 Å². The number of fused-ring (bicyclic) bond motifs is 1. The summed E-state index contributed by atoms with van der Waals surface area (Å²) < 4.78 is 0. The van der Waals surface area contributed by atoms with Crippen LogP contribution in [0.1, 0.15) is 37.7 Å². The van der Waals surface area contributed by atoms with Gasteiger partial charge in [-0.2, -0.15) is 0 Å². The summed E-state index contributed by atoms with van der Waals surface area (Å²) in [5, 5.41) is 0. The van der Waals surface area contributed by atoms with Crippen LogP contribution in [0.25, 0.3) is 0 Å². The fraction of sp³-hybridized carbons (Fsp3) is 0.474. The van der Waals surface area contributed by atoms with Crippen molar-refractivity contribution in [1.82, 2.24) is 4.90 Å². The molecular formula is C19H23N4O3. The Kier molecular flexibility index (Phi) is 3.99. The van der Waals surface area contributed by atoms with E-state index in [1.54, 1.807) is 0 Å². The third kappa shape index (κ3) is 2.49. The first kappa shape index (κ1) is 17.0. The van der Waals surface area contributed by atoms with Crippen LogP contribution in [0, 0.1) is 6.42 Å². The van der Waals surface area contributed by atoms with Gasteiger partial charge in [-0.3, -0.25) is 24.2 Å². The molecule has 4 rings (SSSR count). The van der Waals surface area contributed by atoms with E-state index in [0.29, 0.717) is 18.7 Å². The molecule has 1 aliphatic carbocycles. The van der Waals surface area contributed by atoms with Gasteiger partial charge in [-0.25, -0.2) is 0 Å². The van der Waals surface area contributed by atoms with Gasteiger partial charge in [-0.1, -0.05) is 18.6 Å². The summed E-state index contributed by atoms with van der Waals surface area (Å²) in [5.41, 5.74) is 12.5. The maximum absolute atomic E-state index is 12.8. The minimum atomic E-state index is -0.750. The van der Waals surface area contributed by atoms with Gasteiger partial charge in [-0.05, 0) is 43.4 Å². The third-order valence-electron chi connectivity index (χ3n) is 6.02. The molecule has 3 fully saturated rings. The maximum Gasteiger partial charge on any atom is 0.255 e. The van der Waals surface area contributed by atoms with Crippen LogP contribution in [0.15, 0.2) is 24.3 Å². The van der Waals surface area contributed by atoms with Crippen molar-refractivity contribution in [3.63, 3.8) is 0 Å². The van der Waals surface area contributed by atoms with E-state index < -0.39 is 12.1 Å². The number of nitrogens with zero attached hydrogens (tertiary/aromatic N) is 2. The molecule has 1 unspecified atom stereocenters. The second-order valence-corrected chi connectivity index (χ2v) is 7.52. The molecule has 26 heavy (non-hydrogen) atoms. The molecule has 1 aromatic rings. The van der Waals surface area contributed by atoms with Gasteiger partial charge in [-0.15, -0.1) is 0 Å². The van der Waals surface area contributed by atoms with Gasteiger partial charge in [0, 0.05) is 24.1 Å². The molecule has 7 heteroatoms. The van der Waals surface area contributed by atoms with E-state index in [4.69, 9.17) is 11.5 Å². The van der Waals surface area contributed by atoms with Crippen molar-refractivity contribution in [2.45, 2.75) is 49.7 Å². The van der Waals surface area contributed by atoms with Gasteiger partial charge in [0.25, 0.3) is 5.91 Å². The van der Waals surface area contributed by atoms with E-state index >= 15 is 0 Å². The Morgan fingerprint density at radius 2 is 1.85 bits per heavy atom. The quantitative estimate of drug-likeness (QED) is 0.797. The molecular weight excluding hydrogens is 332 g/mol. The number of carbonyl (C=O) groups excluding carboxylic acids is 3. The van der Waals surface area contributed by atoms with Crippen LogP contribution in [0.4, 0.5) is 5.69 Å². The van der Waals surface area contributed by atoms with Crippen LogP contribution in [0.2, 0.25) is 0 Å². The van der Waals surface area contributed by atoms with Gasteiger partial charge in [0.2, 0.25) is 11.8 Å². The van der Waals surface area contributed by atoms with E-state index in [-0.39, 0.29) is 23.3 Å². The standard InChI is InChI=1S/C19H23N4O3/c20-15(24)11-19(8-2-9-19)12-4-6-13(7-5-12)23-17(16(21)25)22-10-1-3-14(22)18(23)26/h3-7,14,17H,1-2,8-11H2,(H2,20,24)(H2,21,25)/t14-,17?/m0/s1. The zero-order valence-corrected chi connectivity index (χ0v) is 14.6. The fourth-order valence-electron chi connectivity index (χ4n) is 4.62. The van der Waals surface area contributed by atoms with E-state index in [9.17, 15) is 14.4 Å². The summed E-state index contributed by atoms with van der Waals surface area (Å²) in [6.07, 6.45) is 5.25. The molecule has 1 radical (unpaired) electrons. The van der Waals surface area contributed by atoms with Crippen LogP contribution in [0.5, 0.6) is 0 Å². The summed E-state index contributed by atoms with van der Waals surface area (Å²) in [6, 6.07) is 7.19. The largest absolute Gasteiger partial charge is 0.370 e. The van der Waals surface area contributed by atoms with Gasteiger partial charge in [0.05, 0.1) is 6.04 Å². The Morgan fingerprint density at radius 3 is 2.38 bits per heavy atom. The Labute approximate surface area is 152 Å². The first-order chi connectivity index (χ1) is 12.4. The summed E-state index contributed by atoms with van der Waals surface area (Å²) in [7, 11) is 0. The molecule has 0 aromatic heterocycles. The minimum Gasteiger partial charge on any atom is -0.370 e. The lowest BCUT2D eigenvalue weighted by Crippen LogP contribution is -2.49. The lowest BCUT2D eigenvalue weighted by atomic mass is 9.62. The molecule has 2 atom stereocenters. The molecule has 4 N–H and O–H groups in total. The Hall–Kier alpha value is -2.41. The van der Waals surface area contributed by atoms with Crippen molar-refractivity contribution < 1.29 is 14.4 Å². The third-order valence-corrected chi connectivity index (χ3v) is 6.02. The number of primary amides is 2. The first-order valence-corrected chi connectivity index (χ1v) is 9.03. The molecule has 3 amide bonds. The number of nitrogens with two attached hydrogens (primary N) is 2. The normalized spacial score (nSPS) is 27.2. The minimum absolute atomic E-state index is 0.116. The average Bonchev–Trinajstić information content (AvgIpc) is 3.13. The van der Waals surface area contributed by atoms with Crippen molar-refractivity contribution in [3.8, 4) is 0 Å². The maximum atomic E-state index is 12.8. The van der Waals surface area contributed by atoms with Crippen LogP contribution in [0.3, 0.4) is 0 Å². The zero-order chi connectivity index (χ0) is 18.5. The molecule has 2 aliphatic heterocycles. The van der Waals surface area contributed by atoms with Crippen LogP contribution < -0.4 is 16.4 Å². The fourth-order valence-corrected chi connectivity index (χ4v) is 4.62. The second-order valence-electron chi connectivity index (χ2n) is 7.52. The molecule has 7 nitrogen and oxygen atoms in total. The number of carbonyl (C=O) groups is 3. The predicted octanol–water partition coefficient (Wildman–Crippen LogP) is 0.420. The number of hydrogen-bond acceptors (Lipinski definition) is 4. The predicted molar refractivity (Wildman–Crippen MR) is 95.7 cm³/mol. The Balaban J connectivity index is 1.63. The highest BCUT2D eigenvalue weighted by Gasteiger charge is 2.51. The second kappa shape index (κ2) is 6.09. The number of benzene rings is 1. The summed E-state index contributed by atoms with van der Waals surface area (Å²) in [6.45, 7) is 0.653. The molecule has 1 aromatic carbocycles. The Morgan fingerprint density at radius 1 is 1.15 bits per heavy atom. The zero-order valence-electron chi connectivity index (χ0n) is 14.6. The first-order valence-electron chi connectivity index (χ1n) is 9.03. The molecule has 0 bridgehead atoms. The van der Waals surface area contributed by atoms with Crippen LogP contribution >= 0.6 is 0 Å². The molecule has 137 valence electrons. The smallest absolute Gasteiger partial charge is 0.255 e. The number of anilines is 1. The van der Waals surface area contributed by atoms with Crippen molar-refractivity contribution in [1.29, 1.82) is 0 Å². The van der Waals surface area contributed by atoms with E-state index in [1.807, 2.05) is 35.6 Å². The lowest BCUT2D eigenvalue weighted by Gasteiger charge is -2.42. The SMILES string of the molecule is NC(=O)CC1(c2ccc(N3C(=O)[C@@H]4[CH]CCN4C3C(N)=O)cc2)CCC1. The van der Waals surface area contributed by atoms with Crippen molar-refractivity contribution in [2.75, 3.05) is 11.4 Å². The molecule has 2 heterocycles. The van der Waals surface area contributed by atoms with Gasteiger partial charge >= 0.3 is 0 Å². The van der Waals surface area contributed by atoms with Crippen molar-refractivity contribution in [2.24, 2.45) is 11.5 Å². The van der Waals surface area contributed by atoms with Gasteiger partial charge < -0.3 is 11.5 Å². The highest BCUT2D eigenvalue weighted by atomic mass is 16.2. The van der Waals surface area contributed by atoms with Crippen molar-refractivity contribution >= 4 is 23.4 Å². The van der Waals surface area contributed by atoms with Gasteiger partial charge in [0.15, 0.2) is 6.17 Å². The molecule has 2 saturated heterocycles. The summed E-state index contributed by atoms with van der Waals surface area (Å²) in [4.78, 5) is 39.6. The lowest BCUT2D eigenvalue weighted by molar-refractivity contribution is -0.123. The number of rotatable bonds is 5. The van der Waals surface area contributed by atoms with Gasteiger partial charge in [0.1, 0.15) is 0 Å². The van der Waals surface area contributed by atoms with E-state index in [1.165, 1.54) is 4.90 Å². The highest BCUT2D eigenvalue weighted by molar-refractivity contribution is 6.07. The number of hydrogen-bond donors (Lipinski definition) is 2. The Bertz CT molecular complexity index is 757.